The van der Waals surface area contributed by atoms with E-state index in [1.54, 1.807) is 20.3 Å². The average Bonchev–Trinajstić information content (AvgIpc) is 1.21. The lowest BCUT2D eigenvalue weighted by molar-refractivity contribution is 0.417. The molecule has 3 heteroatoms. The van der Waals surface area contributed by atoms with Gasteiger partial charge in [-0.1, -0.05) is 6.58 Å². The van der Waals surface area contributed by atoms with Crippen molar-refractivity contribution in [2.45, 2.75) is 6.92 Å². The summed E-state index contributed by atoms with van der Waals surface area (Å²) in [5, 5.41) is 0. The fourth-order valence-corrected chi connectivity index (χ4v) is 1.13. The van der Waals surface area contributed by atoms with E-state index in [1.807, 2.05) is 0 Å². The van der Waals surface area contributed by atoms with E-state index >= 15 is 0 Å². The number of hydrogen-bond acceptors (Lipinski definition) is 2. The Morgan fingerprint density at radius 2 is 2.00 bits per heavy atom. The molecule has 48 valence electrons. The van der Waals surface area contributed by atoms with Gasteiger partial charge in [-0.25, -0.2) is 0 Å². The predicted molar refractivity (Wildman–Crippen MR) is 35.4 cm³/mol. The van der Waals surface area contributed by atoms with Gasteiger partial charge in [-0.15, -0.1) is 0 Å². The largest absolute Gasteiger partial charge is 0.449 e. The van der Waals surface area contributed by atoms with Gasteiger partial charge < -0.3 is 4.52 Å². The van der Waals surface area contributed by atoms with Gasteiger partial charge in [-0.05, 0) is 6.92 Å². The molecule has 0 atom stereocenters. The maximum Gasteiger partial charge on any atom is 0.241 e. The van der Waals surface area contributed by atoms with Crippen LogP contribution >= 0.6 is 7.37 Å². The maximum atomic E-state index is 10.7. The first kappa shape index (κ1) is 7.77. The highest BCUT2D eigenvalue weighted by atomic mass is 31.2. The zero-order chi connectivity index (χ0) is 6.78. The van der Waals surface area contributed by atoms with Crippen LogP contribution in [0, 0.1) is 0 Å². The molecule has 0 aromatic heterocycles. The third kappa shape index (κ3) is 5.77. The van der Waals surface area contributed by atoms with Gasteiger partial charge in [0.05, 0.1) is 5.76 Å². The molecule has 0 rings (SSSR count). The van der Waals surface area contributed by atoms with Gasteiger partial charge in [0.25, 0.3) is 0 Å². The van der Waals surface area contributed by atoms with Crippen LogP contribution in [-0.4, -0.2) is 13.3 Å². The SMILES string of the molecule is C=C(C)OP(C)(C)=O. The number of allylic oxidation sites excluding steroid dienone is 1. The van der Waals surface area contributed by atoms with Gasteiger partial charge in [0.15, 0.2) is 0 Å². The van der Waals surface area contributed by atoms with Crippen molar-refractivity contribution in [3.05, 3.63) is 12.3 Å². The van der Waals surface area contributed by atoms with Gasteiger partial charge in [0.1, 0.15) is 0 Å². The highest BCUT2D eigenvalue weighted by Crippen LogP contribution is 2.39. The molecule has 0 aliphatic carbocycles. The molecule has 0 aromatic rings. The van der Waals surface area contributed by atoms with Gasteiger partial charge >= 0.3 is 0 Å². The third-order valence-electron chi connectivity index (χ3n) is 0.376. The summed E-state index contributed by atoms with van der Waals surface area (Å²) in [6.45, 7) is 8.24. The van der Waals surface area contributed by atoms with E-state index in [9.17, 15) is 4.57 Å². The standard InChI is InChI=1S/C5H11O2P/c1-5(2)7-8(3,4)6/h1H2,2-4H3. The number of hydrogen-bond donors (Lipinski definition) is 0. The van der Waals surface area contributed by atoms with Crippen molar-refractivity contribution in [1.29, 1.82) is 0 Å². The van der Waals surface area contributed by atoms with Crippen molar-refractivity contribution in [2.75, 3.05) is 13.3 Å². The third-order valence-corrected chi connectivity index (χ3v) is 1.13. The molecule has 2 nitrogen and oxygen atoms in total. The molecule has 0 radical (unpaired) electrons. The van der Waals surface area contributed by atoms with E-state index in [-0.39, 0.29) is 0 Å². The Labute approximate surface area is 50.0 Å². The summed E-state index contributed by atoms with van der Waals surface area (Å²) < 4.78 is 15.5. The molecule has 0 bridgehead atoms. The van der Waals surface area contributed by atoms with Crippen molar-refractivity contribution in [3.63, 3.8) is 0 Å². The molecule has 0 unspecified atom stereocenters. The van der Waals surface area contributed by atoms with Crippen LogP contribution in [0.5, 0.6) is 0 Å². The average molecular weight is 134 g/mol. The summed E-state index contributed by atoms with van der Waals surface area (Å²) in [6, 6.07) is 0. The Morgan fingerprint density at radius 3 is 2.00 bits per heavy atom. The smallest absolute Gasteiger partial charge is 0.241 e. The first-order chi connectivity index (χ1) is 3.42. The van der Waals surface area contributed by atoms with E-state index in [1.165, 1.54) is 0 Å². The molecule has 0 amide bonds. The normalized spacial score (nSPS) is 10.9. The van der Waals surface area contributed by atoms with E-state index in [0.717, 1.165) is 0 Å². The lowest BCUT2D eigenvalue weighted by atomic mass is 10.7. The Hall–Kier alpha value is -0.230. The molecular formula is C5H11O2P. The van der Waals surface area contributed by atoms with E-state index < -0.39 is 7.37 Å². The highest BCUT2D eigenvalue weighted by molar-refractivity contribution is 7.57. The Bertz CT molecular complexity index is 133. The molecule has 0 spiro atoms. The van der Waals surface area contributed by atoms with E-state index in [0.29, 0.717) is 5.76 Å². The first-order valence-corrected chi connectivity index (χ1v) is 4.84. The highest BCUT2D eigenvalue weighted by Gasteiger charge is 2.05. The summed E-state index contributed by atoms with van der Waals surface area (Å²) >= 11 is 0. The Kier molecular flexibility index (Phi) is 2.29. The van der Waals surface area contributed by atoms with Crippen LogP contribution in [0.3, 0.4) is 0 Å². The van der Waals surface area contributed by atoms with Crippen LogP contribution in [0.4, 0.5) is 0 Å². The molecule has 0 aliphatic heterocycles. The summed E-state index contributed by atoms with van der Waals surface area (Å²) in [5.74, 6) is 0.512. The van der Waals surface area contributed by atoms with Crippen molar-refractivity contribution in [3.8, 4) is 0 Å². The minimum absolute atomic E-state index is 0.512. The maximum absolute atomic E-state index is 10.7. The quantitative estimate of drug-likeness (QED) is 0.427. The van der Waals surface area contributed by atoms with Crippen molar-refractivity contribution < 1.29 is 9.09 Å². The van der Waals surface area contributed by atoms with Crippen molar-refractivity contribution >= 4 is 7.37 Å². The van der Waals surface area contributed by atoms with Crippen LogP contribution < -0.4 is 0 Å². The summed E-state index contributed by atoms with van der Waals surface area (Å²) in [4.78, 5) is 0. The predicted octanol–water partition coefficient (Wildman–Crippen LogP) is 2.07. The molecule has 0 aromatic carbocycles. The molecule has 0 heterocycles. The minimum atomic E-state index is -2.32. The second kappa shape index (κ2) is 2.36. The topological polar surface area (TPSA) is 26.3 Å². The molecule has 0 fully saturated rings. The lowest BCUT2D eigenvalue weighted by Crippen LogP contribution is -1.80. The zero-order valence-corrected chi connectivity index (χ0v) is 6.37. The van der Waals surface area contributed by atoms with Crippen LogP contribution in [0.2, 0.25) is 0 Å². The van der Waals surface area contributed by atoms with E-state index in [4.69, 9.17) is 4.52 Å². The van der Waals surface area contributed by atoms with Gasteiger partial charge in [0.2, 0.25) is 7.37 Å². The second-order valence-electron chi connectivity index (χ2n) is 2.05. The van der Waals surface area contributed by atoms with Gasteiger partial charge in [0, 0.05) is 13.3 Å². The monoisotopic (exact) mass is 134 g/mol. The molecular weight excluding hydrogens is 123 g/mol. The molecule has 0 saturated carbocycles. The van der Waals surface area contributed by atoms with Crippen LogP contribution in [0.25, 0.3) is 0 Å². The first-order valence-electron chi connectivity index (χ1n) is 2.32. The van der Waals surface area contributed by atoms with Crippen molar-refractivity contribution in [2.24, 2.45) is 0 Å². The fourth-order valence-electron chi connectivity index (χ4n) is 0.375. The molecule has 0 saturated heterocycles. The van der Waals surface area contributed by atoms with Gasteiger partial charge in [-0.2, -0.15) is 0 Å². The summed E-state index contributed by atoms with van der Waals surface area (Å²) in [6.07, 6.45) is 0. The molecule has 0 aliphatic rings. The summed E-state index contributed by atoms with van der Waals surface area (Å²) in [5.41, 5.74) is 0. The van der Waals surface area contributed by atoms with E-state index in [2.05, 4.69) is 6.58 Å². The van der Waals surface area contributed by atoms with Crippen LogP contribution in [0.1, 0.15) is 6.92 Å². The lowest BCUT2D eigenvalue weighted by Gasteiger charge is -2.07. The fraction of sp³-hybridized carbons (Fsp3) is 0.600. The van der Waals surface area contributed by atoms with Crippen LogP contribution in [0.15, 0.2) is 12.3 Å². The number of rotatable bonds is 2. The van der Waals surface area contributed by atoms with Gasteiger partial charge in [-0.3, -0.25) is 4.57 Å². The minimum Gasteiger partial charge on any atom is -0.449 e. The molecule has 8 heavy (non-hydrogen) atoms. The summed E-state index contributed by atoms with van der Waals surface area (Å²) in [7, 11) is -2.32. The van der Waals surface area contributed by atoms with Crippen molar-refractivity contribution in [1.82, 2.24) is 0 Å². The second-order valence-corrected chi connectivity index (χ2v) is 4.73. The Balaban J connectivity index is 3.74. The van der Waals surface area contributed by atoms with Crippen LogP contribution in [-0.2, 0) is 9.09 Å². The Morgan fingerprint density at radius 1 is 1.62 bits per heavy atom. The zero-order valence-electron chi connectivity index (χ0n) is 5.47. The molecule has 0 N–H and O–H groups in total.